The Balaban J connectivity index is 1.69. The molecule has 0 saturated carbocycles. The van der Waals surface area contributed by atoms with Gasteiger partial charge in [0.1, 0.15) is 0 Å². The summed E-state index contributed by atoms with van der Waals surface area (Å²) in [6, 6.07) is 20.4. The maximum Gasteiger partial charge on any atom is 0.338 e. The van der Waals surface area contributed by atoms with E-state index in [9.17, 15) is 22.8 Å². The molecule has 0 spiro atoms. The van der Waals surface area contributed by atoms with Crippen molar-refractivity contribution < 1.29 is 27.5 Å². The number of carbonyl (C=O) groups is 3. The maximum absolute atomic E-state index is 13.2. The lowest BCUT2D eigenvalue weighted by atomic mass is 10.1. The normalized spacial score (nSPS) is 10.9. The minimum absolute atomic E-state index is 0.0145. The van der Waals surface area contributed by atoms with Crippen LogP contribution < -0.4 is 9.62 Å². The van der Waals surface area contributed by atoms with Crippen molar-refractivity contribution in [3.8, 4) is 0 Å². The van der Waals surface area contributed by atoms with E-state index in [1.165, 1.54) is 40.7 Å². The van der Waals surface area contributed by atoms with Crippen molar-refractivity contribution in [3.05, 3.63) is 90.0 Å². The van der Waals surface area contributed by atoms with Gasteiger partial charge in [-0.05, 0) is 61.5 Å². The number of benzene rings is 3. The van der Waals surface area contributed by atoms with Crippen LogP contribution in [0, 0.1) is 0 Å². The van der Waals surface area contributed by atoms with Gasteiger partial charge >= 0.3 is 5.97 Å². The molecule has 182 valence electrons. The lowest BCUT2D eigenvalue weighted by molar-refractivity contribution is -0.115. The molecule has 0 heterocycles. The van der Waals surface area contributed by atoms with Crippen LogP contribution in [0.3, 0.4) is 0 Å². The van der Waals surface area contributed by atoms with Gasteiger partial charge in [-0.25, -0.2) is 13.2 Å². The van der Waals surface area contributed by atoms with Crippen molar-refractivity contribution in [2.75, 3.05) is 22.8 Å². The fourth-order valence-electron chi connectivity index (χ4n) is 3.28. The Labute approximate surface area is 204 Å². The van der Waals surface area contributed by atoms with Gasteiger partial charge in [-0.1, -0.05) is 31.2 Å². The van der Waals surface area contributed by atoms with Crippen LogP contribution >= 0.6 is 0 Å². The van der Waals surface area contributed by atoms with E-state index in [0.29, 0.717) is 23.4 Å². The Morgan fingerprint density at radius 1 is 0.857 bits per heavy atom. The van der Waals surface area contributed by atoms with Crippen LogP contribution in [-0.2, 0) is 19.6 Å². The molecular weight excluding hydrogens is 468 g/mol. The number of ether oxygens (including phenoxy) is 1. The first-order chi connectivity index (χ1) is 16.8. The van der Waals surface area contributed by atoms with E-state index in [1.54, 1.807) is 56.3 Å². The van der Waals surface area contributed by atoms with Gasteiger partial charge in [-0.3, -0.25) is 13.9 Å². The number of nitrogens with zero attached hydrogens (tertiary/aromatic N) is 1. The molecule has 0 aromatic heterocycles. The summed E-state index contributed by atoms with van der Waals surface area (Å²) in [5.74, 6) is -1.39. The summed E-state index contributed by atoms with van der Waals surface area (Å²) in [4.78, 5) is 36.3. The minimum atomic E-state index is -3.92. The van der Waals surface area contributed by atoms with Crippen molar-refractivity contribution >= 4 is 39.1 Å². The molecular formula is C26H26N2O6S. The van der Waals surface area contributed by atoms with E-state index in [1.807, 2.05) is 0 Å². The second-order valence-corrected chi connectivity index (χ2v) is 9.37. The molecule has 0 bridgehead atoms. The fraction of sp³-hybridized carbons (Fsp3) is 0.192. The molecule has 3 aromatic carbocycles. The smallest absolute Gasteiger partial charge is 0.338 e. The lowest BCUT2D eigenvalue weighted by Crippen LogP contribution is -2.30. The van der Waals surface area contributed by atoms with Crippen LogP contribution in [0.25, 0.3) is 0 Å². The predicted molar refractivity (Wildman–Crippen MR) is 133 cm³/mol. The van der Waals surface area contributed by atoms with Crippen molar-refractivity contribution in [3.63, 3.8) is 0 Å². The molecule has 0 radical (unpaired) electrons. The number of hydrogen-bond donors (Lipinski definition) is 1. The third kappa shape index (κ3) is 6.33. The first kappa shape index (κ1) is 25.6. The van der Waals surface area contributed by atoms with E-state index in [2.05, 4.69) is 5.32 Å². The summed E-state index contributed by atoms with van der Waals surface area (Å²) < 4.78 is 32.8. The number of esters is 1. The molecule has 35 heavy (non-hydrogen) atoms. The number of rotatable bonds is 10. The Kier molecular flexibility index (Phi) is 8.38. The Hall–Kier alpha value is -3.98. The highest BCUT2D eigenvalue weighted by molar-refractivity contribution is 7.92. The molecule has 0 aliphatic heterocycles. The number of carbonyl (C=O) groups excluding carboxylic acids is 3. The predicted octanol–water partition coefficient (Wildman–Crippen LogP) is 4.29. The van der Waals surface area contributed by atoms with Crippen LogP contribution in [-0.4, -0.2) is 39.2 Å². The van der Waals surface area contributed by atoms with Gasteiger partial charge in [-0.15, -0.1) is 0 Å². The Morgan fingerprint density at radius 3 is 2.17 bits per heavy atom. The van der Waals surface area contributed by atoms with Crippen molar-refractivity contribution in [1.82, 2.24) is 0 Å². The zero-order valence-electron chi connectivity index (χ0n) is 19.4. The van der Waals surface area contributed by atoms with Crippen LogP contribution in [0.15, 0.2) is 83.8 Å². The monoisotopic (exact) mass is 494 g/mol. The van der Waals surface area contributed by atoms with Crippen molar-refractivity contribution in [2.45, 2.75) is 25.2 Å². The highest BCUT2D eigenvalue weighted by Gasteiger charge is 2.25. The first-order valence-electron chi connectivity index (χ1n) is 11.0. The number of sulfonamides is 1. The summed E-state index contributed by atoms with van der Waals surface area (Å²) in [5.41, 5.74) is 1.39. The van der Waals surface area contributed by atoms with E-state index in [0.717, 1.165) is 0 Å². The van der Waals surface area contributed by atoms with E-state index in [4.69, 9.17) is 4.74 Å². The van der Waals surface area contributed by atoms with Crippen LogP contribution in [0.4, 0.5) is 11.4 Å². The maximum atomic E-state index is 13.2. The Bertz CT molecular complexity index is 1310. The van der Waals surface area contributed by atoms with Crippen molar-refractivity contribution in [1.29, 1.82) is 0 Å². The highest BCUT2D eigenvalue weighted by atomic mass is 32.2. The molecule has 9 heteroatoms. The number of ketones is 1. The summed E-state index contributed by atoms with van der Waals surface area (Å²) in [5, 5.41) is 2.68. The molecule has 0 fully saturated rings. The Morgan fingerprint density at radius 2 is 1.54 bits per heavy atom. The summed E-state index contributed by atoms with van der Waals surface area (Å²) in [7, 11) is -3.92. The lowest BCUT2D eigenvalue weighted by Gasteiger charge is -2.23. The number of amides is 1. The quantitative estimate of drug-likeness (QED) is 0.333. The number of hydrogen-bond acceptors (Lipinski definition) is 6. The van der Waals surface area contributed by atoms with E-state index in [-0.39, 0.29) is 22.9 Å². The molecule has 0 unspecified atom stereocenters. The van der Waals surface area contributed by atoms with E-state index < -0.39 is 28.4 Å². The third-order valence-corrected chi connectivity index (χ3v) is 7.03. The largest absolute Gasteiger partial charge is 0.454 e. The standard InChI is InChI=1S/C26H26N2O6S/c1-3-25(30)27-21-15-13-19(14-16-21)24(29)18-34-26(31)20-9-8-12-23(17-20)35(32,33)28(4-2)22-10-6-5-7-11-22/h5-17H,3-4,18H2,1-2H3,(H,27,30). The zero-order chi connectivity index (χ0) is 25.4. The molecule has 8 nitrogen and oxygen atoms in total. The summed E-state index contributed by atoms with van der Waals surface area (Å²) >= 11 is 0. The molecule has 3 rings (SSSR count). The van der Waals surface area contributed by atoms with Crippen LogP contribution in [0.1, 0.15) is 41.0 Å². The number of para-hydroxylation sites is 1. The molecule has 1 amide bonds. The van der Waals surface area contributed by atoms with Gasteiger partial charge in [0.05, 0.1) is 16.1 Å². The van der Waals surface area contributed by atoms with Gasteiger partial charge in [0.25, 0.3) is 10.0 Å². The van der Waals surface area contributed by atoms with Crippen molar-refractivity contribution in [2.24, 2.45) is 0 Å². The SMILES string of the molecule is CCC(=O)Nc1ccc(C(=O)COC(=O)c2cccc(S(=O)(=O)N(CC)c3ccccc3)c2)cc1. The second kappa shape index (κ2) is 11.4. The van der Waals surface area contributed by atoms with Crippen LogP contribution in [0.2, 0.25) is 0 Å². The molecule has 0 aliphatic rings. The molecule has 0 saturated heterocycles. The first-order valence-corrected chi connectivity index (χ1v) is 12.5. The van der Waals surface area contributed by atoms with Gasteiger partial charge in [0.15, 0.2) is 12.4 Å². The van der Waals surface area contributed by atoms with Gasteiger partial charge in [0, 0.05) is 24.2 Å². The molecule has 1 N–H and O–H groups in total. The molecule has 3 aromatic rings. The fourth-order valence-corrected chi connectivity index (χ4v) is 4.80. The summed E-state index contributed by atoms with van der Waals surface area (Å²) in [6.07, 6.45) is 0.335. The topological polar surface area (TPSA) is 110 Å². The zero-order valence-corrected chi connectivity index (χ0v) is 20.2. The number of nitrogens with one attached hydrogen (secondary N) is 1. The van der Waals surface area contributed by atoms with Gasteiger partial charge < -0.3 is 10.1 Å². The molecule has 0 atom stereocenters. The highest BCUT2D eigenvalue weighted by Crippen LogP contribution is 2.24. The average molecular weight is 495 g/mol. The number of anilines is 2. The minimum Gasteiger partial charge on any atom is -0.454 e. The molecule has 0 aliphatic carbocycles. The van der Waals surface area contributed by atoms with Gasteiger partial charge in [-0.2, -0.15) is 0 Å². The summed E-state index contributed by atoms with van der Waals surface area (Å²) in [6.45, 7) is 3.15. The second-order valence-electron chi connectivity index (χ2n) is 7.51. The third-order valence-electron chi connectivity index (χ3n) is 5.14. The average Bonchev–Trinajstić information content (AvgIpc) is 2.88. The number of Topliss-reactive ketones (excluding diaryl/α,β-unsaturated/α-hetero) is 1. The van der Waals surface area contributed by atoms with E-state index >= 15 is 0 Å². The van der Waals surface area contributed by atoms with Crippen LogP contribution in [0.5, 0.6) is 0 Å². The van der Waals surface area contributed by atoms with Gasteiger partial charge in [0.2, 0.25) is 5.91 Å².